The molecule has 2 unspecified atom stereocenters. The molecule has 1 aromatic heterocycles. The van der Waals surface area contributed by atoms with Gasteiger partial charge in [-0.25, -0.2) is 9.78 Å². The molecule has 10 nitrogen and oxygen atoms in total. The summed E-state index contributed by atoms with van der Waals surface area (Å²) < 4.78 is 8.20. The Kier molecular flexibility index (Phi) is 9.07. The highest BCUT2D eigenvalue weighted by Gasteiger charge is 2.42. The van der Waals surface area contributed by atoms with Gasteiger partial charge in [0.05, 0.1) is 17.3 Å². The van der Waals surface area contributed by atoms with Gasteiger partial charge in [0, 0.05) is 51.0 Å². The van der Waals surface area contributed by atoms with Crippen LogP contribution in [0.2, 0.25) is 0 Å². The molecule has 4 rings (SSSR count). The maximum atomic E-state index is 13.9. The van der Waals surface area contributed by atoms with Crippen LogP contribution in [-0.4, -0.2) is 46.0 Å². The number of ether oxygens (including phenoxy) is 1. The van der Waals surface area contributed by atoms with Gasteiger partial charge in [-0.2, -0.15) is 5.26 Å². The summed E-state index contributed by atoms with van der Waals surface area (Å²) in [6.07, 6.45) is 7.24. The summed E-state index contributed by atoms with van der Waals surface area (Å²) in [7, 11) is 1.93. The van der Waals surface area contributed by atoms with Crippen LogP contribution in [0.25, 0.3) is 0 Å². The summed E-state index contributed by atoms with van der Waals surface area (Å²) >= 11 is 0. The number of nitrogens with one attached hydrogen (secondary N) is 1. The lowest BCUT2D eigenvalue weighted by Crippen LogP contribution is -2.48. The molecule has 10 heteroatoms. The number of imidazole rings is 1. The number of urea groups is 1. The number of likely N-dealkylation sites (tertiary alicyclic amines) is 1. The fourth-order valence-electron chi connectivity index (χ4n) is 5.42. The van der Waals surface area contributed by atoms with Gasteiger partial charge in [0.1, 0.15) is 17.6 Å². The van der Waals surface area contributed by atoms with Crippen molar-refractivity contribution in [3.63, 3.8) is 0 Å². The fourth-order valence-corrected chi connectivity index (χ4v) is 5.42. The minimum atomic E-state index is -0.714. The number of nitrogens with zero attached hydrogens (tertiary/aromatic N) is 4. The highest BCUT2D eigenvalue weighted by atomic mass is 16.5. The Morgan fingerprint density at radius 3 is 2.80 bits per heavy atom. The number of nitriles is 1. The molecule has 1 aliphatic rings. The zero-order chi connectivity index (χ0) is 28.7. The third-order valence-electron chi connectivity index (χ3n) is 7.78. The predicted molar refractivity (Wildman–Crippen MR) is 151 cm³/mol. The third-order valence-corrected chi connectivity index (χ3v) is 7.78. The molecule has 0 radical (unpaired) electrons. The number of carbonyl (C=O) groups excluding carboxylic acids is 2. The van der Waals surface area contributed by atoms with E-state index in [0.717, 1.165) is 29.7 Å². The predicted octanol–water partition coefficient (Wildman–Crippen LogP) is 3.66. The van der Waals surface area contributed by atoms with E-state index in [4.69, 9.17) is 16.2 Å². The molecule has 1 fully saturated rings. The van der Waals surface area contributed by atoms with Crippen molar-refractivity contribution in [1.29, 1.82) is 5.26 Å². The van der Waals surface area contributed by atoms with Crippen LogP contribution in [0.5, 0.6) is 11.5 Å². The van der Waals surface area contributed by atoms with E-state index in [9.17, 15) is 14.9 Å². The summed E-state index contributed by atoms with van der Waals surface area (Å²) in [6, 6.07) is 14.2. The number of rotatable bonds is 10. The summed E-state index contributed by atoms with van der Waals surface area (Å²) in [6.45, 7) is 3.36. The van der Waals surface area contributed by atoms with Crippen molar-refractivity contribution in [1.82, 2.24) is 19.8 Å². The number of hydrogen-bond donors (Lipinski definition) is 3. The van der Waals surface area contributed by atoms with Crippen LogP contribution in [0.4, 0.5) is 4.79 Å². The van der Waals surface area contributed by atoms with Gasteiger partial charge in [-0.05, 0) is 54.7 Å². The minimum Gasteiger partial charge on any atom is -0.456 e. The number of hydrogen-bond acceptors (Lipinski definition) is 6. The Morgan fingerprint density at radius 2 is 2.10 bits per heavy atom. The van der Waals surface area contributed by atoms with Crippen LogP contribution in [0, 0.1) is 11.3 Å². The van der Waals surface area contributed by atoms with Crippen LogP contribution in [0.1, 0.15) is 61.0 Å². The normalized spacial score (nSPS) is 18.1. The number of benzene rings is 2. The van der Waals surface area contributed by atoms with Gasteiger partial charge in [0.25, 0.3) is 0 Å². The van der Waals surface area contributed by atoms with Gasteiger partial charge in [0.2, 0.25) is 5.91 Å². The molecule has 3 amide bonds. The van der Waals surface area contributed by atoms with Crippen LogP contribution in [0.15, 0.2) is 55.0 Å². The lowest BCUT2D eigenvalue weighted by Gasteiger charge is -2.35. The van der Waals surface area contributed by atoms with Gasteiger partial charge in [-0.15, -0.1) is 0 Å². The second-order valence-electron chi connectivity index (χ2n) is 10.3. The van der Waals surface area contributed by atoms with Gasteiger partial charge >= 0.3 is 6.03 Å². The first kappa shape index (κ1) is 28.6. The molecule has 0 saturated carbocycles. The van der Waals surface area contributed by atoms with Crippen molar-refractivity contribution in [2.24, 2.45) is 18.5 Å². The average Bonchev–Trinajstić information content (AvgIpc) is 3.27. The number of nitrogens with two attached hydrogens (primary N) is 2. The van der Waals surface area contributed by atoms with E-state index >= 15 is 0 Å². The highest BCUT2D eigenvalue weighted by molar-refractivity contribution is 5.88. The maximum absolute atomic E-state index is 13.9. The zero-order valence-corrected chi connectivity index (χ0v) is 23.1. The lowest BCUT2D eigenvalue weighted by atomic mass is 9.73. The van der Waals surface area contributed by atoms with E-state index in [1.807, 2.05) is 59.8 Å². The second kappa shape index (κ2) is 12.7. The van der Waals surface area contributed by atoms with E-state index in [-0.39, 0.29) is 11.9 Å². The Hall–Kier alpha value is -4.36. The molecule has 0 bridgehead atoms. The highest BCUT2D eigenvalue weighted by Crippen LogP contribution is 2.40. The molecule has 1 saturated heterocycles. The van der Waals surface area contributed by atoms with Gasteiger partial charge in [0.15, 0.2) is 0 Å². The van der Waals surface area contributed by atoms with Crippen LogP contribution >= 0.6 is 0 Å². The van der Waals surface area contributed by atoms with Crippen molar-refractivity contribution >= 4 is 11.9 Å². The summed E-state index contributed by atoms with van der Waals surface area (Å²) in [5.74, 6) is 0.990. The first-order valence-electron chi connectivity index (χ1n) is 13.6. The van der Waals surface area contributed by atoms with Crippen molar-refractivity contribution in [2.45, 2.75) is 50.5 Å². The largest absolute Gasteiger partial charge is 0.456 e. The van der Waals surface area contributed by atoms with Gasteiger partial charge < -0.3 is 31.0 Å². The molecule has 3 aromatic rings. The third kappa shape index (κ3) is 6.26. The smallest absolute Gasteiger partial charge is 0.312 e. The average molecular weight is 544 g/mol. The SMILES string of the molecule is CCC1(c2cccc(Oc3cc(C(N)Cc4cncn4C)ccc3C#N)c2)CCCCN(CCNC(N)=O)C1=O. The van der Waals surface area contributed by atoms with Crippen molar-refractivity contribution in [2.75, 3.05) is 19.6 Å². The Labute approximate surface area is 234 Å². The van der Waals surface area contributed by atoms with E-state index in [0.29, 0.717) is 56.0 Å². The van der Waals surface area contributed by atoms with E-state index in [1.165, 1.54) is 0 Å². The molecule has 0 spiro atoms. The number of aromatic nitrogens is 2. The van der Waals surface area contributed by atoms with Crippen LogP contribution < -0.4 is 21.5 Å². The van der Waals surface area contributed by atoms with E-state index in [1.54, 1.807) is 18.6 Å². The Bertz CT molecular complexity index is 1400. The maximum Gasteiger partial charge on any atom is 0.312 e. The molecular formula is C30H37N7O3. The van der Waals surface area contributed by atoms with Gasteiger partial charge in [-0.1, -0.05) is 31.5 Å². The number of aryl methyl sites for hydroxylation is 1. The van der Waals surface area contributed by atoms with Crippen molar-refractivity contribution < 1.29 is 14.3 Å². The molecule has 0 aliphatic carbocycles. The molecule has 2 heterocycles. The van der Waals surface area contributed by atoms with Crippen molar-refractivity contribution in [3.8, 4) is 17.6 Å². The quantitative estimate of drug-likeness (QED) is 0.355. The first-order valence-corrected chi connectivity index (χ1v) is 13.6. The van der Waals surface area contributed by atoms with E-state index < -0.39 is 11.4 Å². The number of primary amides is 1. The topological polar surface area (TPSA) is 152 Å². The summed E-state index contributed by atoms with van der Waals surface area (Å²) in [5, 5.41) is 12.3. The number of amides is 3. The van der Waals surface area contributed by atoms with Crippen molar-refractivity contribution in [3.05, 3.63) is 77.4 Å². The second-order valence-corrected chi connectivity index (χ2v) is 10.3. The van der Waals surface area contributed by atoms with Crippen LogP contribution in [0.3, 0.4) is 0 Å². The summed E-state index contributed by atoms with van der Waals surface area (Å²) in [4.78, 5) is 31.0. The molecular weight excluding hydrogens is 506 g/mol. The molecule has 210 valence electrons. The number of carbonyl (C=O) groups is 2. The lowest BCUT2D eigenvalue weighted by molar-refractivity contribution is -0.137. The Morgan fingerprint density at radius 1 is 1.27 bits per heavy atom. The van der Waals surface area contributed by atoms with Crippen LogP contribution in [-0.2, 0) is 23.7 Å². The first-order chi connectivity index (χ1) is 19.3. The van der Waals surface area contributed by atoms with Gasteiger partial charge in [-0.3, -0.25) is 4.79 Å². The molecule has 1 aliphatic heterocycles. The molecule has 5 N–H and O–H groups in total. The molecule has 2 aromatic carbocycles. The fraction of sp³-hybridized carbons (Fsp3) is 0.400. The minimum absolute atomic E-state index is 0.0387. The van der Waals surface area contributed by atoms with E-state index in [2.05, 4.69) is 16.4 Å². The zero-order valence-electron chi connectivity index (χ0n) is 23.1. The summed E-state index contributed by atoms with van der Waals surface area (Å²) in [5.41, 5.74) is 14.1. The Balaban J connectivity index is 1.59. The standard InChI is InChI=1S/C30H37N7O3/c1-3-30(11-4-5-13-37(28(30)38)14-12-35-29(33)39)23-7-6-8-25(16-23)40-27-15-21(9-10-22(27)18-31)26(32)17-24-19-34-20-36(24)2/h6-10,15-16,19-20,26H,3-5,11-14,17,32H2,1-2H3,(H3,33,35,39). The monoisotopic (exact) mass is 543 g/mol. The molecule has 2 atom stereocenters. The molecule has 40 heavy (non-hydrogen) atoms.